The molecule has 128 valence electrons. The van der Waals surface area contributed by atoms with E-state index in [9.17, 15) is 4.79 Å². The molecule has 2 aromatic carbocycles. The molecule has 25 heavy (non-hydrogen) atoms. The summed E-state index contributed by atoms with van der Waals surface area (Å²) < 4.78 is 2.44. The van der Waals surface area contributed by atoms with Crippen molar-refractivity contribution < 1.29 is 4.79 Å². The largest absolute Gasteiger partial charge is 0.345 e. The van der Waals surface area contributed by atoms with Crippen LogP contribution in [0.25, 0.3) is 0 Å². The summed E-state index contributed by atoms with van der Waals surface area (Å²) in [6.45, 7) is 4.95. The number of nitrogens with zero attached hydrogens (tertiary/aromatic N) is 2. The molecular formula is C19H20N4OS. The van der Waals surface area contributed by atoms with E-state index < -0.39 is 0 Å². The van der Waals surface area contributed by atoms with Crippen molar-refractivity contribution in [3.63, 3.8) is 0 Å². The number of benzene rings is 2. The first-order chi connectivity index (χ1) is 12.0. The van der Waals surface area contributed by atoms with Crippen LogP contribution in [-0.2, 0) is 13.1 Å². The Morgan fingerprint density at radius 3 is 2.64 bits per heavy atom. The predicted molar refractivity (Wildman–Crippen MR) is 100 cm³/mol. The number of carbonyl (C=O) groups is 1. The van der Waals surface area contributed by atoms with Gasteiger partial charge in [-0.2, -0.15) is 5.10 Å². The fourth-order valence-electron chi connectivity index (χ4n) is 2.56. The molecule has 6 heteroatoms. The third kappa shape index (κ3) is 4.03. The zero-order chi connectivity index (χ0) is 17.8. The lowest BCUT2D eigenvalue weighted by Crippen LogP contribution is -2.25. The summed E-state index contributed by atoms with van der Waals surface area (Å²) in [7, 11) is 0. The maximum absolute atomic E-state index is 12.4. The van der Waals surface area contributed by atoms with Gasteiger partial charge in [-0.25, -0.2) is 0 Å². The summed E-state index contributed by atoms with van der Waals surface area (Å²) in [4.78, 5) is 12.4. The molecule has 0 fully saturated rings. The van der Waals surface area contributed by atoms with Crippen LogP contribution in [0.2, 0.25) is 0 Å². The Morgan fingerprint density at radius 2 is 1.92 bits per heavy atom. The first-order valence-electron chi connectivity index (χ1n) is 8.08. The monoisotopic (exact) mass is 352 g/mol. The van der Waals surface area contributed by atoms with Crippen LogP contribution < -0.4 is 5.32 Å². The van der Waals surface area contributed by atoms with Crippen molar-refractivity contribution in [2.24, 2.45) is 0 Å². The Hall–Kier alpha value is -2.73. The number of aromatic amines is 1. The van der Waals surface area contributed by atoms with Crippen molar-refractivity contribution in [2.45, 2.75) is 26.9 Å². The second-order valence-corrected chi connectivity index (χ2v) is 6.39. The molecule has 1 heterocycles. The van der Waals surface area contributed by atoms with E-state index in [1.54, 1.807) is 0 Å². The SMILES string of the molecule is Cc1ccc(C(=O)NCc2n[nH]c(=S)n2Cc2ccccc2)cc1C. The first kappa shape index (κ1) is 17.1. The second kappa shape index (κ2) is 7.44. The number of amides is 1. The molecule has 3 aromatic rings. The number of H-pyrrole nitrogens is 1. The summed E-state index contributed by atoms with van der Waals surface area (Å²) in [5.74, 6) is 0.578. The fourth-order valence-corrected chi connectivity index (χ4v) is 2.77. The second-order valence-electron chi connectivity index (χ2n) is 6.00. The standard InChI is InChI=1S/C19H20N4OS/c1-13-8-9-16(10-14(13)2)18(24)20-11-17-21-22-19(25)23(17)12-15-6-4-3-5-7-15/h3-10H,11-12H2,1-2H3,(H,20,24)(H,22,25). The lowest BCUT2D eigenvalue weighted by molar-refractivity contribution is 0.0949. The lowest BCUT2D eigenvalue weighted by Gasteiger charge is -2.09. The molecule has 3 rings (SSSR count). The minimum absolute atomic E-state index is 0.122. The minimum atomic E-state index is -0.122. The molecule has 0 aliphatic heterocycles. The average Bonchev–Trinajstić information content (AvgIpc) is 2.96. The summed E-state index contributed by atoms with van der Waals surface area (Å²) in [5, 5.41) is 9.96. The Bertz CT molecular complexity index is 944. The highest BCUT2D eigenvalue weighted by atomic mass is 32.1. The predicted octanol–water partition coefficient (Wildman–Crippen LogP) is 3.54. The molecule has 0 spiro atoms. The molecule has 0 aliphatic carbocycles. The van der Waals surface area contributed by atoms with Crippen LogP contribution in [0.1, 0.15) is 32.9 Å². The summed E-state index contributed by atoms with van der Waals surface area (Å²) >= 11 is 5.31. The first-order valence-corrected chi connectivity index (χ1v) is 8.49. The molecule has 0 radical (unpaired) electrons. The molecule has 1 amide bonds. The van der Waals surface area contributed by atoms with Crippen molar-refractivity contribution in [2.75, 3.05) is 0 Å². The zero-order valence-corrected chi connectivity index (χ0v) is 15.1. The molecule has 0 unspecified atom stereocenters. The van der Waals surface area contributed by atoms with Crippen molar-refractivity contribution in [1.29, 1.82) is 0 Å². The van der Waals surface area contributed by atoms with E-state index in [4.69, 9.17) is 12.2 Å². The minimum Gasteiger partial charge on any atom is -0.345 e. The maximum atomic E-state index is 12.4. The van der Waals surface area contributed by atoms with Gasteiger partial charge in [0.2, 0.25) is 0 Å². The van der Waals surface area contributed by atoms with E-state index in [0.29, 0.717) is 29.2 Å². The molecule has 0 bridgehead atoms. The molecule has 0 saturated carbocycles. The molecule has 0 atom stereocenters. The third-order valence-electron chi connectivity index (χ3n) is 4.20. The van der Waals surface area contributed by atoms with E-state index in [-0.39, 0.29) is 5.91 Å². The van der Waals surface area contributed by atoms with Crippen LogP contribution in [0.3, 0.4) is 0 Å². The molecule has 2 N–H and O–H groups in total. The summed E-state index contributed by atoms with van der Waals surface area (Å²) in [6, 6.07) is 15.7. The van der Waals surface area contributed by atoms with E-state index >= 15 is 0 Å². The van der Waals surface area contributed by atoms with Gasteiger partial charge in [-0.3, -0.25) is 14.5 Å². The van der Waals surface area contributed by atoms with Gasteiger partial charge in [0.05, 0.1) is 13.1 Å². The van der Waals surface area contributed by atoms with Gasteiger partial charge in [-0.15, -0.1) is 0 Å². The third-order valence-corrected chi connectivity index (χ3v) is 4.51. The van der Waals surface area contributed by atoms with Crippen LogP contribution in [0.4, 0.5) is 0 Å². The number of hydrogen-bond donors (Lipinski definition) is 2. The van der Waals surface area contributed by atoms with Gasteiger partial charge in [0, 0.05) is 5.56 Å². The maximum Gasteiger partial charge on any atom is 0.251 e. The van der Waals surface area contributed by atoms with Gasteiger partial charge >= 0.3 is 0 Å². The molecular weight excluding hydrogens is 332 g/mol. The highest BCUT2D eigenvalue weighted by molar-refractivity contribution is 7.71. The smallest absolute Gasteiger partial charge is 0.251 e. The van der Waals surface area contributed by atoms with Gasteiger partial charge < -0.3 is 5.32 Å². The molecule has 0 aliphatic rings. The van der Waals surface area contributed by atoms with Gasteiger partial charge in [0.15, 0.2) is 10.6 Å². The van der Waals surface area contributed by atoms with Crippen LogP contribution in [0.5, 0.6) is 0 Å². The fraction of sp³-hybridized carbons (Fsp3) is 0.211. The number of nitrogens with one attached hydrogen (secondary N) is 2. The summed E-state index contributed by atoms with van der Waals surface area (Å²) in [6.07, 6.45) is 0. The van der Waals surface area contributed by atoms with Gasteiger partial charge in [0.25, 0.3) is 5.91 Å². The van der Waals surface area contributed by atoms with Gasteiger partial charge in [0.1, 0.15) is 0 Å². The topological polar surface area (TPSA) is 62.7 Å². The van der Waals surface area contributed by atoms with Crippen LogP contribution in [-0.4, -0.2) is 20.7 Å². The highest BCUT2D eigenvalue weighted by Gasteiger charge is 2.11. The number of aromatic nitrogens is 3. The Kier molecular flexibility index (Phi) is 5.09. The normalized spacial score (nSPS) is 10.6. The number of aryl methyl sites for hydroxylation is 2. The van der Waals surface area contributed by atoms with Crippen LogP contribution >= 0.6 is 12.2 Å². The molecule has 0 saturated heterocycles. The van der Waals surface area contributed by atoms with E-state index in [0.717, 1.165) is 11.1 Å². The summed E-state index contributed by atoms with van der Waals surface area (Å²) in [5.41, 5.74) is 4.04. The van der Waals surface area contributed by atoms with Crippen LogP contribution in [0.15, 0.2) is 48.5 Å². The lowest BCUT2D eigenvalue weighted by atomic mass is 10.1. The number of hydrogen-bond acceptors (Lipinski definition) is 3. The average molecular weight is 352 g/mol. The zero-order valence-electron chi connectivity index (χ0n) is 14.2. The Morgan fingerprint density at radius 1 is 1.16 bits per heavy atom. The quantitative estimate of drug-likeness (QED) is 0.691. The van der Waals surface area contributed by atoms with E-state index in [2.05, 4.69) is 15.5 Å². The van der Waals surface area contributed by atoms with Crippen molar-refractivity contribution in [1.82, 2.24) is 20.1 Å². The van der Waals surface area contributed by atoms with Crippen molar-refractivity contribution in [3.05, 3.63) is 81.4 Å². The van der Waals surface area contributed by atoms with Crippen LogP contribution in [0, 0.1) is 18.6 Å². The number of rotatable bonds is 5. The van der Waals surface area contributed by atoms with Crippen molar-refractivity contribution >= 4 is 18.1 Å². The van der Waals surface area contributed by atoms with Gasteiger partial charge in [-0.1, -0.05) is 36.4 Å². The Balaban J connectivity index is 1.72. The molecule has 1 aromatic heterocycles. The van der Waals surface area contributed by atoms with E-state index in [1.165, 1.54) is 5.56 Å². The van der Waals surface area contributed by atoms with Crippen molar-refractivity contribution in [3.8, 4) is 0 Å². The Labute approximate surface area is 151 Å². The van der Waals surface area contributed by atoms with E-state index in [1.807, 2.05) is 66.9 Å². The van der Waals surface area contributed by atoms with Gasteiger partial charge in [-0.05, 0) is 54.9 Å². The number of carbonyl (C=O) groups excluding carboxylic acids is 1. The highest BCUT2D eigenvalue weighted by Crippen LogP contribution is 2.10. The molecule has 5 nitrogen and oxygen atoms in total.